The summed E-state index contributed by atoms with van der Waals surface area (Å²) >= 11 is 0. The van der Waals surface area contributed by atoms with Crippen molar-refractivity contribution in [2.75, 3.05) is 11.1 Å². The number of halogens is 3. The maximum absolute atomic E-state index is 13.2. The molecule has 0 fully saturated rings. The van der Waals surface area contributed by atoms with E-state index in [4.69, 9.17) is 0 Å². The summed E-state index contributed by atoms with van der Waals surface area (Å²) < 4.78 is 66.0. The number of carbonyl (C=O) groups is 1. The molecular formula is C27H27F3N2O3S. The first kappa shape index (κ1) is 25.9. The van der Waals surface area contributed by atoms with Crippen LogP contribution in [0.3, 0.4) is 0 Å². The number of rotatable bonds is 7. The Bertz CT molecular complexity index is 1380. The third kappa shape index (κ3) is 5.79. The van der Waals surface area contributed by atoms with Gasteiger partial charge in [0, 0.05) is 17.3 Å². The lowest BCUT2D eigenvalue weighted by Gasteiger charge is -2.15. The Morgan fingerprint density at radius 2 is 1.69 bits per heavy atom. The van der Waals surface area contributed by atoms with Gasteiger partial charge in [0.15, 0.2) is 0 Å². The van der Waals surface area contributed by atoms with Crippen molar-refractivity contribution in [3.05, 3.63) is 88.5 Å². The summed E-state index contributed by atoms with van der Waals surface area (Å²) in [4.78, 5) is 13.2. The lowest BCUT2D eigenvalue weighted by atomic mass is 9.93. The smallest absolute Gasteiger partial charge is 0.322 e. The molecule has 1 aliphatic rings. The third-order valence-electron chi connectivity index (χ3n) is 6.23. The SMILES string of the molecule is CCCS(=O)(=O)NC1Cc2ccc(NC(=O)c3cccc(C)c3-c3ccc(C(F)(F)F)cc3)cc2C1. The molecule has 0 bridgehead atoms. The van der Waals surface area contributed by atoms with Gasteiger partial charge in [0.1, 0.15) is 0 Å². The molecule has 1 unspecified atom stereocenters. The lowest BCUT2D eigenvalue weighted by molar-refractivity contribution is -0.137. The van der Waals surface area contributed by atoms with Gasteiger partial charge in [-0.1, -0.05) is 37.3 Å². The number of benzene rings is 3. The molecule has 0 spiro atoms. The zero-order valence-corrected chi connectivity index (χ0v) is 20.8. The average molecular weight is 517 g/mol. The van der Waals surface area contributed by atoms with Crippen molar-refractivity contribution >= 4 is 21.6 Å². The third-order valence-corrected chi connectivity index (χ3v) is 7.87. The molecule has 0 aliphatic heterocycles. The second-order valence-corrected chi connectivity index (χ2v) is 10.9. The van der Waals surface area contributed by atoms with Crippen LogP contribution in [0, 0.1) is 6.92 Å². The summed E-state index contributed by atoms with van der Waals surface area (Å²) in [5, 5.41) is 2.89. The van der Waals surface area contributed by atoms with Crippen LogP contribution in [0.5, 0.6) is 0 Å². The van der Waals surface area contributed by atoms with E-state index in [0.717, 1.165) is 28.8 Å². The monoisotopic (exact) mass is 516 g/mol. The minimum Gasteiger partial charge on any atom is -0.322 e. The number of aryl methyl sites for hydroxylation is 1. The van der Waals surface area contributed by atoms with E-state index in [1.165, 1.54) is 12.1 Å². The molecule has 0 radical (unpaired) electrons. The van der Waals surface area contributed by atoms with Gasteiger partial charge in [-0.15, -0.1) is 0 Å². The molecule has 0 saturated carbocycles. The molecule has 5 nitrogen and oxygen atoms in total. The van der Waals surface area contributed by atoms with Gasteiger partial charge in [0.2, 0.25) is 10.0 Å². The summed E-state index contributed by atoms with van der Waals surface area (Å²) in [5.74, 6) is -0.300. The normalized spacial score (nSPS) is 15.5. The number of alkyl halides is 3. The molecule has 0 heterocycles. The lowest BCUT2D eigenvalue weighted by Crippen LogP contribution is -2.36. The van der Waals surface area contributed by atoms with Crippen LogP contribution in [0.4, 0.5) is 18.9 Å². The number of amides is 1. The summed E-state index contributed by atoms with van der Waals surface area (Å²) in [6, 6.07) is 15.2. The number of carbonyl (C=O) groups excluding carboxylic acids is 1. The molecule has 0 saturated heterocycles. The van der Waals surface area contributed by atoms with Crippen LogP contribution >= 0.6 is 0 Å². The molecule has 2 N–H and O–H groups in total. The maximum Gasteiger partial charge on any atom is 0.416 e. The van der Waals surface area contributed by atoms with Crippen LogP contribution in [0.15, 0.2) is 60.7 Å². The van der Waals surface area contributed by atoms with E-state index in [9.17, 15) is 26.4 Å². The predicted molar refractivity (Wildman–Crippen MR) is 134 cm³/mol. The quantitative estimate of drug-likeness (QED) is 0.421. The van der Waals surface area contributed by atoms with E-state index in [0.29, 0.717) is 41.6 Å². The highest BCUT2D eigenvalue weighted by atomic mass is 32.2. The van der Waals surface area contributed by atoms with Crippen molar-refractivity contribution in [1.82, 2.24) is 4.72 Å². The van der Waals surface area contributed by atoms with E-state index in [-0.39, 0.29) is 17.7 Å². The zero-order chi connectivity index (χ0) is 26.1. The Labute approximate surface area is 208 Å². The molecule has 4 rings (SSSR count). The Morgan fingerprint density at radius 3 is 2.36 bits per heavy atom. The highest BCUT2D eigenvalue weighted by Crippen LogP contribution is 2.34. The topological polar surface area (TPSA) is 75.3 Å². The van der Waals surface area contributed by atoms with E-state index in [2.05, 4.69) is 10.0 Å². The zero-order valence-electron chi connectivity index (χ0n) is 19.9. The second kappa shape index (κ2) is 10.1. The summed E-state index contributed by atoms with van der Waals surface area (Å²) in [6.45, 7) is 3.62. The van der Waals surface area contributed by atoms with Gasteiger partial charge in [0.25, 0.3) is 5.91 Å². The van der Waals surface area contributed by atoms with Crippen molar-refractivity contribution in [3.8, 4) is 11.1 Å². The fourth-order valence-electron chi connectivity index (χ4n) is 4.63. The number of hydrogen-bond donors (Lipinski definition) is 2. The van der Waals surface area contributed by atoms with Crippen LogP contribution in [-0.4, -0.2) is 26.1 Å². The van der Waals surface area contributed by atoms with Gasteiger partial charge in [-0.3, -0.25) is 4.79 Å². The molecule has 190 valence electrons. The first-order chi connectivity index (χ1) is 17.0. The molecule has 9 heteroatoms. The first-order valence-electron chi connectivity index (χ1n) is 11.7. The molecule has 3 aromatic rings. The van der Waals surface area contributed by atoms with Crippen molar-refractivity contribution < 1.29 is 26.4 Å². The maximum atomic E-state index is 13.2. The number of anilines is 1. The first-order valence-corrected chi connectivity index (χ1v) is 13.3. The van der Waals surface area contributed by atoms with Crippen molar-refractivity contribution in [2.45, 2.75) is 45.3 Å². The summed E-state index contributed by atoms with van der Waals surface area (Å²) in [6.07, 6.45) is -2.78. The molecule has 0 aromatic heterocycles. The Balaban J connectivity index is 1.54. The fraction of sp³-hybridized carbons (Fsp3) is 0.296. The van der Waals surface area contributed by atoms with Gasteiger partial charge in [-0.25, -0.2) is 13.1 Å². The van der Waals surface area contributed by atoms with Crippen LogP contribution in [0.2, 0.25) is 0 Å². The molecule has 3 aromatic carbocycles. The minimum absolute atomic E-state index is 0.0823. The van der Waals surface area contributed by atoms with E-state index in [1.54, 1.807) is 31.2 Å². The summed E-state index contributed by atoms with van der Waals surface area (Å²) in [5.41, 5.74) is 3.99. The van der Waals surface area contributed by atoms with Crippen LogP contribution < -0.4 is 10.0 Å². The fourth-order valence-corrected chi connectivity index (χ4v) is 5.96. The van der Waals surface area contributed by atoms with Crippen molar-refractivity contribution in [1.29, 1.82) is 0 Å². The molecule has 1 aliphatic carbocycles. The van der Waals surface area contributed by atoms with Crippen LogP contribution in [0.1, 0.15) is 46.0 Å². The molecule has 1 amide bonds. The number of hydrogen-bond acceptors (Lipinski definition) is 3. The minimum atomic E-state index is -4.44. The second-order valence-electron chi connectivity index (χ2n) is 9.05. The van der Waals surface area contributed by atoms with E-state index < -0.39 is 21.8 Å². The van der Waals surface area contributed by atoms with Crippen molar-refractivity contribution in [3.63, 3.8) is 0 Å². The number of nitrogens with one attached hydrogen (secondary N) is 2. The van der Waals surface area contributed by atoms with Crippen LogP contribution in [0.25, 0.3) is 11.1 Å². The van der Waals surface area contributed by atoms with Crippen molar-refractivity contribution in [2.24, 2.45) is 0 Å². The molecular weight excluding hydrogens is 489 g/mol. The van der Waals surface area contributed by atoms with E-state index >= 15 is 0 Å². The number of fused-ring (bicyclic) bond motifs is 1. The van der Waals surface area contributed by atoms with Gasteiger partial charge in [-0.05, 0) is 84.3 Å². The van der Waals surface area contributed by atoms with E-state index in [1.807, 2.05) is 19.1 Å². The average Bonchev–Trinajstić information content (AvgIpc) is 3.19. The Hall–Kier alpha value is -3.17. The van der Waals surface area contributed by atoms with Gasteiger partial charge < -0.3 is 5.32 Å². The Kier molecular flexibility index (Phi) is 7.24. The molecule has 1 atom stereocenters. The summed E-state index contributed by atoms with van der Waals surface area (Å²) in [7, 11) is -3.33. The predicted octanol–water partition coefficient (Wildman–Crippen LogP) is 5.73. The number of sulfonamides is 1. The molecule has 36 heavy (non-hydrogen) atoms. The Morgan fingerprint density at radius 1 is 1.00 bits per heavy atom. The van der Waals surface area contributed by atoms with Gasteiger partial charge in [-0.2, -0.15) is 13.2 Å². The van der Waals surface area contributed by atoms with Gasteiger partial charge in [0.05, 0.1) is 11.3 Å². The largest absolute Gasteiger partial charge is 0.416 e. The highest BCUT2D eigenvalue weighted by molar-refractivity contribution is 7.89. The van der Waals surface area contributed by atoms with Gasteiger partial charge >= 0.3 is 6.18 Å². The van der Waals surface area contributed by atoms with Crippen LogP contribution in [-0.2, 0) is 29.0 Å². The standard InChI is InChI=1S/C27H27F3N2O3S/c1-3-13-36(34,35)32-23-14-19-9-12-22(15-20(19)16-23)31-26(33)24-6-4-5-17(2)25(24)18-7-10-21(11-8-18)27(28,29)30/h4-12,15,23,32H,3,13-14,16H2,1-2H3,(H,31,33). The highest BCUT2D eigenvalue weighted by Gasteiger charge is 2.30.